The molecule has 1 fully saturated rings. The molecule has 1 atom stereocenters. The van der Waals surface area contributed by atoms with E-state index in [9.17, 15) is 19.2 Å². The molecule has 1 saturated heterocycles. The van der Waals surface area contributed by atoms with Crippen LogP contribution in [0.25, 0.3) is 0 Å². The molecule has 1 aliphatic heterocycles. The molecule has 2 aromatic rings. The van der Waals surface area contributed by atoms with Crippen molar-refractivity contribution < 1.29 is 23.9 Å². The van der Waals surface area contributed by atoms with E-state index in [1.165, 1.54) is 16.2 Å². The molecule has 2 N–H and O–H groups in total. The number of likely N-dealkylation sites (tertiary alicyclic amines) is 1. The number of hydrogen-bond donors (Lipinski definition) is 2. The number of nitrogens with one attached hydrogen (secondary N) is 2. The highest BCUT2D eigenvalue weighted by atomic mass is 32.1. The van der Waals surface area contributed by atoms with Crippen LogP contribution in [0.1, 0.15) is 39.2 Å². The van der Waals surface area contributed by atoms with Gasteiger partial charge in [-0.05, 0) is 56.2 Å². The molecule has 3 amide bonds. The van der Waals surface area contributed by atoms with Crippen molar-refractivity contribution in [3.05, 3.63) is 51.2 Å². The topological polar surface area (TPSA) is 105 Å². The summed E-state index contributed by atoms with van der Waals surface area (Å²) in [7, 11) is 0. The number of carbonyl (C=O) groups is 4. The Bertz CT molecular complexity index is 996. The molecule has 0 aliphatic carbocycles. The molecule has 8 nitrogen and oxygen atoms in total. The zero-order chi connectivity index (χ0) is 23.3. The first-order valence-corrected chi connectivity index (χ1v) is 11.3. The first kappa shape index (κ1) is 23.5. The molecule has 0 bridgehead atoms. The van der Waals surface area contributed by atoms with Gasteiger partial charge in [-0.15, -0.1) is 11.3 Å². The van der Waals surface area contributed by atoms with Crippen LogP contribution in [-0.2, 0) is 19.1 Å². The van der Waals surface area contributed by atoms with Gasteiger partial charge in [-0.3, -0.25) is 14.4 Å². The average Bonchev–Trinajstić information content (AvgIpc) is 3.44. The monoisotopic (exact) mass is 457 g/mol. The Hall–Kier alpha value is -3.20. The number of hydrogen-bond acceptors (Lipinski definition) is 6. The second-order valence-corrected chi connectivity index (χ2v) is 8.79. The highest BCUT2D eigenvalue weighted by molar-refractivity contribution is 7.12. The number of aryl methyl sites for hydroxylation is 3. The van der Waals surface area contributed by atoms with Crippen molar-refractivity contribution in [3.8, 4) is 0 Å². The van der Waals surface area contributed by atoms with Crippen LogP contribution < -0.4 is 10.6 Å². The third-order valence-corrected chi connectivity index (χ3v) is 6.11. The van der Waals surface area contributed by atoms with Crippen LogP contribution in [0, 0.1) is 20.8 Å². The van der Waals surface area contributed by atoms with Crippen LogP contribution in [0.2, 0.25) is 0 Å². The molecular formula is C23H27N3O5S. The van der Waals surface area contributed by atoms with Crippen LogP contribution in [0.15, 0.2) is 29.6 Å². The van der Waals surface area contributed by atoms with Gasteiger partial charge in [-0.25, -0.2) is 4.79 Å². The normalized spacial score (nSPS) is 15.3. The SMILES string of the molecule is Cc1cc(C)c(NC(=O)CNC(=O)COC(=O)[C@@H]2CCCN2C(=O)c2cccs2)c(C)c1. The molecule has 170 valence electrons. The van der Waals surface area contributed by atoms with Crippen LogP contribution in [0.4, 0.5) is 5.69 Å². The maximum Gasteiger partial charge on any atom is 0.329 e. The number of thiophene rings is 1. The molecule has 0 saturated carbocycles. The Balaban J connectivity index is 1.45. The van der Waals surface area contributed by atoms with Crippen molar-refractivity contribution in [2.24, 2.45) is 0 Å². The molecular weight excluding hydrogens is 430 g/mol. The van der Waals surface area contributed by atoms with E-state index in [2.05, 4.69) is 10.6 Å². The predicted molar refractivity (Wildman–Crippen MR) is 122 cm³/mol. The summed E-state index contributed by atoms with van der Waals surface area (Å²) < 4.78 is 5.11. The molecule has 0 radical (unpaired) electrons. The minimum absolute atomic E-state index is 0.206. The fourth-order valence-electron chi connectivity index (χ4n) is 3.82. The summed E-state index contributed by atoms with van der Waals surface area (Å²) >= 11 is 1.32. The Morgan fingerprint density at radius 1 is 1.12 bits per heavy atom. The van der Waals surface area contributed by atoms with Gasteiger partial charge in [0.25, 0.3) is 11.8 Å². The van der Waals surface area contributed by atoms with E-state index in [0.29, 0.717) is 24.3 Å². The highest BCUT2D eigenvalue weighted by Crippen LogP contribution is 2.23. The molecule has 2 heterocycles. The van der Waals surface area contributed by atoms with Gasteiger partial charge in [0.2, 0.25) is 5.91 Å². The number of anilines is 1. The Kier molecular flexibility index (Phi) is 7.63. The average molecular weight is 458 g/mol. The molecule has 9 heteroatoms. The van der Waals surface area contributed by atoms with Gasteiger partial charge in [0.15, 0.2) is 6.61 Å². The van der Waals surface area contributed by atoms with Gasteiger partial charge in [-0.1, -0.05) is 23.8 Å². The van der Waals surface area contributed by atoms with Gasteiger partial charge in [0.05, 0.1) is 11.4 Å². The maximum atomic E-state index is 12.6. The summed E-state index contributed by atoms with van der Waals surface area (Å²) in [6, 6.07) is 6.73. The van der Waals surface area contributed by atoms with E-state index in [1.807, 2.05) is 32.9 Å². The minimum Gasteiger partial charge on any atom is -0.454 e. The van der Waals surface area contributed by atoms with Crippen molar-refractivity contribution in [2.45, 2.75) is 39.7 Å². The summed E-state index contributed by atoms with van der Waals surface area (Å²) in [6.45, 7) is 5.52. The van der Waals surface area contributed by atoms with Gasteiger partial charge in [0.1, 0.15) is 6.04 Å². The van der Waals surface area contributed by atoms with Crippen molar-refractivity contribution >= 4 is 40.7 Å². The third kappa shape index (κ3) is 5.73. The van der Waals surface area contributed by atoms with E-state index in [0.717, 1.165) is 22.4 Å². The molecule has 0 unspecified atom stereocenters. The van der Waals surface area contributed by atoms with Crippen LogP contribution >= 0.6 is 11.3 Å². The molecule has 1 aliphatic rings. The molecule has 1 aromatic heterocycles. The van der Waals surface area contributed by atoms with Crippen LogP contribution in [0.3, 0.4) is 0 Å². The summed E-state index contributed by atoms with van der Waals surface area (Å²) in [5.41, 5.74) is 3.70. The number of amides is 3. The quantitative estimate of drug-likeness (QED) is 0.622. The van der Waals surface area contributed by atoms with E-state index >= 15 is 0 Å². The van der Waals surface area contributed by atoms with Crippen molar-refractivity contribution in [1.82, 2.24) is 10.2 Å². The fraction of sp³-hybridized carbons (Fsp3) is 0.391. The number of rotatable bonds is 7. The lowest BCUT2D eigenvalue weighted by Crippen LogP contribution is -2.42. The zero-order valence-electron chi connectivity index (χ0n) is 18.4. The fourth-order valence-corrected chi connectivity index (χ4v) is 4.50. The highest BCUT2D eigenvalue weighted by Gasteiger charge is 2.36. The van der Waals surface area contributed by atoms with E-state index in [-0.39, 0.29) is 18.4 Å². The van der Waals surface area contributed by atoms with Crippen molar-refractivity contribution in [3.63, 3.8) is 0 Å². The molecule has 32 heavy (non-hydrogen) atoms. The van der Waals surface area contributed by atoms with Crippen LogP contribution in [-0.4, -0.2) is 54.3 Å². The summed E-state index contributed by atoms with van der Waals surface area (Å²) in [6.07, 6.45) is 1.19. The predicted octanol–water partition coefficient (Wildman–Crippen LogP) is 2.58. The van der Waals surface area contributed by atoms with Gasteiger partial charge in [-0.2, -0.15) is 0 Å². The van der Waals surface area contributed by atoms with E-state index in [4.69, 9.17) is 4.74 Å². The lowest BCUT2D eigenvalue weighted by molar-refractivity contribution is -0.152. The Labute approximate surface area is 190 Å². The number of ether oxygens (including phenoxy) is 1. The lowest BCUT2D eigenvalue weighted by Gasteiger charge is -2.22. The smallest absolute Gasteiger partial charge is 0.329 e. The lowest BCUT2D eigenvalue weighted by atomic mass is 10.1. The van der Waals surface area contributed by atoms with Crippen LogP contribution in [0.5, 0.6) is 0 Å². The first-order valence-electron chi connectivity index (χ1n) is 10.4. The molecule has 1 aromatic carbocycles. The first-order chi connectivity index (χ1) is 15.3. The van der Waals surface area contributed by atoms with E-state index in [1.54, 1.807) is 17.5 Å². The second-order valence-electron chi connectivity index (χ2n) is 7.84. The Morgan fingerprint density at radius 2 is 1.84 bits per heavy atom. The van der Waals surface area contributed by atoms with E-state index < -0.39 is 24.5 Å². The molecule has 0 spiro atoms. The number of esters is 1. The van der Waals surface area contributed by atoms with Crippen molar-refractivity contribution in [1.29, 1.82) is 0 Å². The van der Waals surface area contributed by atoms with Crippen molar-refractivity contribution in [2.75, 3.05) is 25.0 Å². The summed E-state index contributed by atoms with van der Waals surface area (Å²) in [5.74, 6) is -1.77. The second kappa shape index (κ2) is 10.4. The zero-order valence-corrected chi connectivity index (χ0v) is 19.2. The summed E-state index contributed by atoms with van der Waals surface area (Å²) in [5, 5.41) is 7.05. The minimum atomic E-state index is -0.701. The maximum absolute atomic E-state index is 12.6. The standard InChI is InChI=1S/C23H27N3O5S/c1-14-10-15(2)21(16(3)11-14)25-19(27)12-24-20(28)13-31-23(30)17-6-4-8-26(17)22(29)18-7-5-9-32-18/h5,7,9-11,17H,4,6,8,12-13H2,1-3H3,(H,24,28)(H,25,27)/t17-/m0/s1. The van der Waals surface area contributed by atoms with Gasteiger partial charge >= 0.3 is 5.97 Å². The number of carbonyl (C=O) groups excluding carboxylic acids is 4. The van der Waals surface area contributed by atoms with Gasteiger partial charge < -0.3 is 20.3 Å². The third-order valence-electron chi connectivity index (χ3n) is 5.25. The number of benzene rings is 1. The molecule has 3 rings (SSSR count). The largest absolute Gasteiger partial charge is 0.454 e. The van der Waals surface area contributed by atoms with Gasteiger partial charge in [0, 0.05) is 12.2 Å². The summed E-state index contributed by atoms with van der Waals surface area (Å²) in [4.78, 5) is 51.3. The Morgan fingerprint density at radius 3 is 2.50 bits per heavy atom. The number of nitrogens with zero attached hydrogens (tertiary/aromatic N) is 1.